The Morgan fingerprint density at radius 2 is 1.75 bits per heavy atom. The largest absolute Gasteiger partial charge is 0.478 e. The Hall–Kier alpha value is -1.95. The molecule has 6 fully saturated rings. The van der Waals surface area contributed by atoms with Crippen LogP contribution in [0.5, 0.6) is 0 Å². The van der Waals surface area contributed by atoms with Crippen molar-refractivity contribution < 1.29 is 14.6 Å². The van der Waals surface area contributed by atoms with Gasteiger partial charge in [0.2, 0.25) is 0 Å². The molecule has 2 saturated heterocycles. The number of aromatic carboxylic acids is 1. The van der Waals surface area contributed by atoms with E-state index in [2.05, 4.69) is 64.4 Å². The molecule has 8 rings (SSSR count). The van der Waals surface area contributed by atoms with Gasteiger partial charge in [0.05, 0.1) is 18.3 Å². The SMILES string of the molecule is C=C(C)[C@@H]1CC[C@]2(NCCN3C[C@@H]4CC3CO4)CC[C@]3(C)[C@@H](CCC4[C@@]5(C)CC=C(c6ccc(C(=O)O)cc6)C(C)(C)C5CC[C@]43C)C12. The number of likely N-dealkylation sites (tertiary alicyclic amines) is 1. The number of nitrogens with zero attached hydrogens (tertiary/aromatic N) is 1. The molecule has 0 radical (unpaired) electrons. The van der Waals surface area contributed by atoms with Crippen molar-refractivity contribution in [2.24, 2.45) is 51.2 Å². The molecule has 2 aliphatic heterocycles. The number of allylic oxidation sites excluding steroid dienone is 3. The number of ether oxygens (including phenoxy) is 1. The van der Waals surface area contributed by atoms with E-state index >= 15 is 0 Å². The molecular weight excluding hydrogens is 592 g/mol. The van der Waals surface area contributed by atoms with E-state index in [0.717, 1.165) is 44.5 Å². The van der Waals surface area contributed by atoms with Gasteiger partial charge in [-0.05, 0) is 146 Å². The Balaban J connectivity index is 1.07. The molecule has 1 aromatic rings. The average molecular weight is 655 g/mol. The summed E-state index contributed by atoms with van der Waals surface area (Å²) >= 11 is 0. The van der Waals surface area contributed by atoms with Crippen molar-refractivity contribution in [3.05, 3.63) is 53.6 Å². The van der Waals surface area contributed by atoms with E-state index in [1.165, 1.54) is 74.5 Å². The van der Waals surface area contributed by atoms with Crippen LogP contribution in [-0.4, -0.2) is 59.9 Å². The molecule has 2 N–H and O–H groups in total. The first-order valence-corrected chi connectivity index (χ1v) is 19.5. The summed E-state index contributed by atoms with van der Waals surface area (Å²) in [5.41, 5.74) is 5.64. The minimum atomic E-state index is -0.853. The first kappa shape index (κ1) is 33.2. The predicted octanol–water partition coefficient (Wildman–Crippen LogP) is 8.85. The molecule has 2 heterocycles. The number of rotatable bonds is 7. The van der Waals surface area contributed by atoms with Crippen LogP contribution in [0.2, 0.25) is 0 Å². The number of carboxylic acid groups (broad SMARTS) is 1. The number of hydrogen-bond acceptors (Lipinski definition) is 4. The van der Waals surface area contributed by atoms with E-state index < -0.39 is 5.97 Å². The van der Waals surface area contributed by atoms with Crippen molar-refractivity contribution in [3.8, 4) is 0 Å². The van der Waals surface area contributed by atoms with Crippen molar-refractivity contribution in [1.29, 1.82) is 0 Å². The van der Waals surface area contributed by atoms with Crippen LogP contribution in [0.3, 0.4) is 0 Å². The molecular formula is C43H62N2O3. The van der Waals surface area contributed by atoms with Gasteiger partial charge in [-0.3, -0.25) is 4.90 Å². The molecule has 7 aliphatic rings. The lowest BCUT2D eigenvalue weighted by Crippen LogP contribution is -2.68. The summed E-state index contributed by atoms with van der Waals surface area (Å²) in [5.74, 6) is 2.56. The van der Waals surface area contributed by atoms with Crippen molar-refractivity contribution in [1.82, 2.24) is 10.2 Å². The van der Waals surface area contributed by atoms with Gasteiger partial charge in [-0.1, -0.05) is 65.0 Å². The lowest BCUT2D eigenvalue weighted by atomic mass is 9.33. The van der Waals surface area contributed by atoms with E-state index in [0.29, 0.717) is 46.3 Å². The Morgan fingerprint density at radius 1 is 0.979 bits per heavy atom. The van der Waals surface area contributed by atoms with Gasteiger partial charge in [0.1, 0.15) is 0 Å². The second-order valence-electron chi connectivity index (χ2n) is 19.0. The number of nitrogens with one attached hydrogen (secondary N) is 1. The van der Waals surface area contributed by atoms with E-state index in [1.807, 2.05) is 12.1 Å². The molecule has 5 heteroatoms. The molecule has 48 heavy (non-hydrogen) atoms. The van der Waals surface area contributed by atoms with Crippen LogP contribution in [-0.2, 0) is 4.74 Å². The molecule has 2 bridgehead atoms. The standard InChI is InChI=1S/C43H62N2O3/c1-27(2)32-14-19-43(44-22-23-45-25-31-24-30(45)26-48-31)21-20-41(6)34(37(32)43)12-13-36-40(5)17-15-33(28-8-10-29(11-9-28)38(46)47)39(3,4)35(40)16-18-42(36,41)7/h8-11,15,30-32,34-37,44H,1,12-14,16-26H2,2-7H3,(H,46,47)/t30?,31-,32-,34-,35?,36?,37?,40-,41+,42+,43-/m0/s1. The maximum Gasteiger partial charge on any atom is 0.335 e. The van der Waals surface area contributed by atoms with Crippen LogP contribution in [0.1, 0.15) is 122 Å². The Morgan fingerprint density at radius 3 is 2.42 bits per heavy atom. The molecule has 5 nitrogen and oxygen atoms in total. The highest BCUT2D eigenvalue weighted by atomic mass is 16.5. The molecule has 262 valence electrons. The maximum atomic E-state index is 11.6. The van der Waals surface area contributed by atoms with Crippen molar-refractivity contribution in [2.45, 2.75) is 123 Å². The van der Waals surface area contributed by atoms with Gasteiger partial charge in [-0.25, -0.2) is 4.79 Å². The number of carbonyl (C=O) groups is 1. The number of morpholine rings is 1. The van der Waals surface area contributed by atoms with Crippen molar-refractivity contribution in [3.63, 3.8) is 0 Å². The minimum absolute atomic E-state index is 0.0416. The van der Waals surface area contributed by atoms with Crippen LogP contribution in [0, 0.1) is 51.2 Å². The predicted molar refractivity (Wildman–Crippen MR) is 194 cm³/mol. The van der Waals surface area contributed by atoms with E-state index in [1.54, 1.807) is 12.1 Å². The quantitative estimate of drug-likeness (QED) is 0.288. The van der Waals surface area contributed by atoms with Crippen LogP contribution in [0.25, 0.3) is 5.57 Å². The highest BCUT2D eigenvalue weighted by Crippen LogP contribution is 2.76. The highest BCUT2D eigenvalue weighted by molar-refractivity contribution is 5.88. The molecule has 5 aliphatic carbocycles. The molecule has 11 atom stereocenters. The van der Waals surface area contributed by atoms with Gasteiger partial charge >= 0.3 is 5.97 Å². The van der Waals surface area contributed by atoms with Gasteiger partial charge in [-0.15, -0.1) is 0 Å². The maximum absolute atomic E-state index is 11.6. The molecule has 0 spiro atoms. The minimum Gasteiger partial charge on any atom is -0.478 e. The molecule has 0 aromatic heterocycles. The van der Waals surface area contributed by atoms with Gasteiger partial charge in [-0.2, -0.15) is 0 Å². The third kappa shape index (κ3) is 4.61. The van der Waals surface area contributed by atoms with Crippen LogP contribution < -0.4 is 5.32 Å². The second-order valence-corrected chi connectivity index (χ2v) is 19.0. The fourth-order valence-corrected chi connectivity index (χ4v) is 14.5. The first-order valence-electron chi connectivity index (χ1n) is 19.5. The zero-order chi connectivity index (χ0) is 33.9. The molecule has 4 unspecified atom stereocenters. The van der Waals surface area contributed by atoms with Gasteiger partial charge in [0.15, 0.2) is 0 Å². The Labute approximate surface area is 290 Å². The van der Waals surface area contributed by atoms with Crippen molar-refractivity contribution in [2.75, 3.05) is 26.2 Å². The number of fused-ring (bicyclic) bond motifs is 9. The van der Waals surface area contributed by atoms with Crippen LogP contribution in [0.15, 0.2) is 42.5 Å². The van der Waals surface area contributed by atoms with Gasteiger partial charge in [0.25, 0.3) is 0 Å². The zero-order valence-electron chi connectivity index (χ0n) is 30.7. The monoisotopic (exact) mass is 654 g/mol. The summed E-state index contributed by atoms with van der Waals surface area (Å²) in [7, 11) is 0. The van der Waals surface area contributed by atoms with Crippen LogP contribution >= 0.6 is 0 Å². The third-order valence-electron chi connectivity index (χ3n) is 17.0. The number of hydrogen-bond donors (Lipinski definition) is 2. The molecule has 1 aromatic carbocycles. The fraction of sp³-hybridized carbons (Fsp3) is 0.744. The summed E-state index contributed by atoms with van der Waals surface area (Å²) in [5, 5.41) is 13.8. The van der Waals surface area contributed by atoms with Crippen molar-refractivity contribution >= 4 is 11.5 Å². The first-order chi connectivity index (χ1) is 22.7. The fourth-order valence-electron chi connectivity index (χ4n) is 14.5. The molecule has 4 saturated carbocycles. The zero-order valence-corrected chi connectivity index (χ0v) is 30.7. The lowest BCUT2D eigenvalue weighted by molar-refractivity contribution is -0.219. The summed E-state index contributed by atoms with van der Waals surface area (Å²) in [6, 6.07) is 8.31. The second kappa shape index (κ2) is 11.3. The van der Waals surface area contributed by atoms with Gasteiger partial charge in [0, 0.05) is 31.2 Å². The summed E-state index contributed by atoms with van der Waals surface area (Å²) < 4.78 is 5.91. The van der Waals surface area contributed by atoms with E-state index in [-0.39, 0.29) is 16.4 Å². The number of carboxylic acids is 1. The van der Waals surface area contributed by atoms with E-state index in [9.17, 15) is 9.90 Å². The number of benzene rings is 1. The Kier molecular flexibility index (Phi) is 7.80. The highest BCUT2D eigenvalue weighted by Gasteiger charge is 2.70. The molecule has 0 amide bonds. The summed E-state index contributed by atoms with van der Waals surface area (Å²) in [4.78, 5) is 14.3. The average Bonchev–Trinajstić information content (AvgIpc) is 3.76. The summed E-state index contributed by atoms with van der Waals surface area (Å²) in [6.07, 6.45) is 16.0. The smallest absolute Gasteiger partial charge is 0.335 e. The van der Waals surface area contributed by atoms with Gasteiger partial charge < -0.3 is 15.2 Å². The third-order valence-corrected chi connectivity index (χ3v) is 17.0. The Bertz CT molecular complexity index is 1500. The lowest BCUT2D eigenvalue weighted by Gasteiger charge is -2.72. The van der Waals surface area contributed by atoms with Crippen LogP contribution in [0.4, 0.5) is 0 Å². The van der Waals surface area contributed by atoms with E-state index in [4.69, 9.17) is 4.74 Å². The summed E-state index contributed by atoms with van der Waals surface area (Å²) in [6.45, 7) is 24.4. The topological polar surface area (TPSA) is 61.8 Å². The normalized spacial score (nSPS) is 45.9.